The molecule has 1 fully saturated rings. The minimum atomic E-state index is -5.12. The molecule has 1 aliphatic rings. The van der Waals surface area contributed by atoms with E-state index in [1.807, 2.05) is 0 Å². The van der Waals surface area contributed by atoms with Crippen molar-refractivity contribution < 1.29 is 45.4 Å². The van der Waals surface area contributed by atoms with Crippen LogP contribution in [0.4, 0.5) is 32.0 Å². The standard InChI is InChI=1S/C31H28F6N2O4S/c1-2-42-28(41)20-8-10-22(11-9-20)38-29(44)43-23-12-14-39(15-13-23)27(40)25-17-21(30(32,33)34)18-26(31(35,36)37)24(25)16-19-6-4-3-5-7-19/h3-11,17-18,23H,2,12-16H2,1H3,(H,38,44). The summed E-state index contributed by atoms with van der Waals surface area (Å²) in [5.74, 6) is -1.39. The molecule has 1 heterocycles. The molecule has 0 bridgehead atoms. The van der Waals surface area contributed by atoms with Gasteiger partial charge in [-0.05, 0) is 73.1 Å². The van der Waals surface area contributed by atoms with Crippen LogP contribution in [0.5, 0.6) is 0 Å². The van der Waals surface area contributed by atoms with Gasteiger partial charge in [0, 0.05) is 37.2 Å². The molecule has 0 unspecified atom stereocenters. The second-order valence-electron chi connectivity index (χ2n) is 10.0. The van der Waals surface area contributed by atoms with Gasteiger partial charge in [-0.15, -0.1) is 0 Å². The smallest absolute Gasteiger partial charge is 0.416 e. The van der Waals surface area contributed by atoms with Gasteiger partial charge < -0.3 is 19.7 Å². The van der Waals surface area contributed by atoms with Crippen LogP contribution in [0.25, 0.3) is 0 Å². The first-order valence-corrected chi connectivity index (χ1v) is 14.1. The van der Waals surface area contributed by atoms with Crippen molar-refractivity contribution in [2.45, 2.75) is 44.6 Å². The summed E-state index contributed by atoms with van der Waals surface area (Å²) in [6.45, 7) is 2.00. The summed E-state index contributed by atoms with van der Waals surface area (Å²) >= 11 is 5.26. The Kier molecular flexibility index (Phi) is 10.2. The number of alkyl halides is 6. The molecule has 1 saturated heterocycles. The lowest BCUT2D eigenvalue weighted by Gasteiger charge is -2.33. The van der Waals surface area contributed by atoms with Gasteiger partial charge in [0.25, 0.3) is 11.1 Å². The number of esters is 1. The summed E-state index contributed by atoms with van der Waals surface area (Å²) in [4.78, 5) is 26.6. The molecule has 0 aromatic heterocycles. The maximum Gasteiger partial charge on any atom is 0.416 e. The zero-order valence-electron chi connectivity index (χ0n) is 23.4. The quantitative estimate of drug-likeness (QED) is 0.164. The highest BCUT2D eigenvalue weighted by molar-refractivity contribution is 7.80. The van der Waals surface area contributed by atoms with Crippen LogP contribution < -0.4 is 5.32 Å². The van der Waals surface area contributed by atoms with E-state index in [1.165, 1.54) is 4.90 Å². The second-order valence-corrected chi connectivity index (χ2v) is 10.4. The summed E-state index contributed by atoms with van der Waals surface area (Å²) in [6.07, 6.45) is -10.6. The molecule has 3 aromatic carbocycles. The van der Waals surface area contributed by atoms with Gasteiger partial charge in [0.2, 0.25) is 0 Å². The molecule has 0 aliphatic carbocycles. The number of nitrogens with zero attached hydrogens (tertiary/aromatic N) is 1. The minimum Gasteiger partial charge on any atom is -0.467 e. The topological polar surface area (TPSA) is 67.9 Å². The number of benzene rings is 3. The third-order valence-electron chi connectivity index (χ3n) is 6.98. The van der Waals surface area contributed by atoms with E-state index in [2.05, 4.69) is 5.32 Å². The predicted molar refractivity (Wildman–Crippen MR) is 154 cm³/mol. The van der Waals surface area contributed by atoms with E-state index < -0.39 is 52.6 Å². The lowest BCUT2D eigenvalue weighted by Crippen LogP contribution is -2.42. The van der Waals surface area contributed by atoms with E-state index in [-0.39, 0.29) is 50.2 Å². The number of carbonyl (C=O) groups excluding carboxylic acids is 2. The monoisotopic (exact) mass is 638 g/mol. The van der Waals surface area contributed by atoms with Crippen molar-refractivity contribution in [3.8, 4) is 0 Å². The molecule has 13 heteroatoms. The molecule has 44 heavy (non-hydrogen) atoms. The fourth-order valence-corrected chi connectivity index (χ4v) is 5.07. The largest absolute Gasteiger partial charge is 0.467 e. The molecule has 0 radical (unpaired) electrons. The van der Waals surface area contributed by atoms with Crippen LogP contribution in [-0.4, -0.2) is 47.8 Å². The Bertz CT molecular complexity index is 1490. The number of thiocarbonyl (C=S) groups is 1. The first-order valence-electron chi connectivity index (χ1n) is 13.7. The Morgan fingerprint density at radius 1 is 0.932 bits per heavy atom. The zero-order valence-corrected chi connectivity index (χ0v) is 24.2. The van der Waals surface area contributed by atoms with Crippen LogP contribution >= 0.6 is 12.2 Å². The van der Waals surface area contributed by atoms with Gasteiger partial charge in [-0.25, -0.2) is 4.79 Å². The number of hydrogen-bond donors (Lipinski definition) is 1. The van der Waals surface area contributed by atoms with Crippen LogP contribution in [0.3, 0.4) is 0 Å². The van der Waals surface area contributed by atoms with E-state index in [9.17, 15) is 35.9 Å². The minimum absolute atomic E-state index is 0.0245. The highest BCUT2D eigenvalue weighted by atomic mass is 32.1. The molecule has 6 nitrogen and oxygen atoms in total. The van der Waals surface area contributed by atoms with Gasteiger partial charge >= 0.3 is 18.3 Å². The SMILES string of the molecule is CCOC(=O)c1ccc(NC(=S)OC2CCN(C(=O)c3cc(C(F)(F)F)cc(C(F)(F)F)c3Cc3ccccc3)CC2)cc1. The number of nitrogens with one attached hydrogen (secondary N) is 1. The molecule has 0 spiro atoms. The van der Waals surface area contributed by atoms with Gasteiger partial charge in [-0.2, -0.15) is 26.3 Å². The summed E-state index contributed by atoms with van der Waals surface area (Å²) in [5, 5.41) is 2.91. The summed E-state index contributed by atoms with van der Waals surface area (Å²) in [7, 11) is 0. The molecular formula is C31H28F6N2O4S. The van der Waals surface area contributed by atoms with Crippen LogP contribution in [-0.2, 0) is 28.2 Å². The van der Waals surface area contributed by atoms with Crippen LogP contribution in [0.1, 0.15) is 62.7 Å². The number of piperidine rings is 1. The van der Waals surface area contributed by atoms with E-state index in [0.717, 1.165) is 0 Å². The Labute approximate surface area is 254 Å². The van der Waals surface area contributed by atoms with Crippen molar-refractivity contribution in [3.63, 3.8) is 0 Å². The maximum absolute atomic E-state index is 14.1. The van der Waals surface area contributed by atoms with Gasteiger partial charge in [0.15, 0.2) is 0 Å². The first-order chi connectivity index (χ1) is 20.8. The highest BCUT2D eigenvalue weighted by Crippen LogP contribution is 2.40. The van der Waals surface area contributed by atoms with Crippen molar-refractivity contribution >= 4 is 35.0 Å². The molecule has 0 saturated carbocycles. The number of likely N-dealkylation sites (tertiary alicyclic amines) is 1. The Morgan fingerprint density at radius 3 is 2.14 bits per heavy atom. The number of carbonyl (C=O) groups is 2. The molecule has 4 rings (SSSR count). The summed E-state index contributed by atoms with van der Waals surface area (Å²) in [6, 6.07) is 14.8. The maximum atomic E-state index is 14.1. The van der Waals surface area contributed by atoms with E-state index in [4.69, 9.17) is 21.7 Å². The van der Waals surface area contributed by atoms with Gasteiger partial charge in [-0.1, -0.05) is 30.3 Å². The van der Waals surface area contributed by atoms with Crippen LogP contribution in [0, 0.1) is 0 Å². The summed E-state index contributed by atoms with van der Waals surface area (Å²) < 4.78 is 93.9. The molecule has 234 valence electrons. The molecule has 1 aliphatic heterocycles. The highest BCUT2D eigenvalue weighted by Gasteiger charge is 2.41. The van der Waals surface area contributed by atoms with Gasteiger partial charge in [0.1, 0.15) is 6.10 Å². The molecule has 1 N–H and O–H groups in total. The Balaban J connectivity index is 1.48. The number of halogens is 6. The zero-order chi connectivity index (χ0) is 32.1. The van der Waals surface area contributed by atoms with Gasteiger partial charge in [0.05, 0.1) is 23.3 Å². The Hall–Kier alpha value is -4.13. The lowest BCUT2D eigenvalue weighted by atomic mass is 9.90. The average Bonchev–Trinajstić information content (AvgIpc) is 2.97. The van der Waals surface area contributed by atoms with Crippen molar-refractivity contribution in [1.29, 1.82) is 0 Å². The number of ether oxygens (including phenoxy) is 2. The normalized spacial score (nSPS) is 14.2. The van der Waals surface area contributed by atoms with Crippen LogP contribution in [0.15, 0.2) is 66.7 Å². The lowest BCUT2D eigenvalue weighted by molar-refractivity contribution is -0.143. The van der Waals surface area contributed by atoms with E-state index >= 15 is 0 Å². The fourth-order valence-electron chi connectivity index (χ4n) is 4.82. The first kappa shape index (κ1) is 32.8. The fraction of sp³-hybridized carbons (Fsp3) is 0.323. The number of amides is 1. The van der Waals surface area contributed by atoms with Crippen molar-refractivity contribution in [2.24, 2.45) is 0 Å². The predicted octanol–water partition coefficient (Wildman–Crippen LogP) is 7.51. The van der Waals surface area contributed by atoms with Gasteiger partial charge in [-0.3, -0.25) is 4.79 Å². The van der Waals surface area contributed by atoms with E-state index in [0.29, 0.717) is 22.9 Å². The average molecular weight is 639 g/mol. The van der Waals surface area contributed by atoms with Crippen molar-refractivity contribution in [2.75, 3.05) is 25.0 Å². The number of rotatable bonds is 7. The summed E-state index contributed by atoms with van der Waals surface area (Å²) in [5.41, 5.74) is -2.88. The Morgan fingerprint density at radius 2 is 1.57 bits per heavy atom. The second kappa shape index (κ2) is 13.7. The number of anilines is 1. The third kappa shape index (κ3) is 8.28. The van der Waals surface area contributed by atoms with Crippen LogP contribution in [0.2, 0.25) is 0 Å². The third-order valence-corrected chi connectivity index (χ3v) is 7.18. The molecular weight excluding hydrogens is 610 g/mol. The van der Waals surface area contributed by atoms with Crippen molar-refractivity contribution in [3.05, 3.63) is 100 Å². The molecule has 1 amide bonds. The molecule has 3 aromatic rings. The molecule has 0 atom stereocenters. The van der Waals surface area contributed by atoms with Crippen molar-refractivity contribution in [1.82, 2.24) is 4.90 Å². The number of hydrogen-bond acceptors (Lipinski definition) is 5. The van der Waals surface area contributed by atoms with E-state index in [1.54, 1.807) is 61.5 Å².